The van der Waals surface area contributed by atoms with Crippen molar-refractivity contribution in [3.05, 3.63) is 34.3 Å². The first-order valence-electron chi connectivity index (χ1n) is 7.22. The van der Waals surface area contributed by atoms with Crippen molar-refractivity contribution in [2.75, 3.05) is 13.2 Å². The lowest BCUT2D eigenvalue weighted by atomic mass is 10.2. The standard InChI is InChI=1S/C15H18N2O4/c1-2-17-12-8-10(5-6-13(12)21-15(17)19)14(18)16-9-11-4-3-7-20-11/h5-6,8,11H,2-4,7,9H2,1H3,(H,16,18). The summed E-state index contributed by atoms with van der Waals surface area (Å²) < 4.78 is 12.1. The maximum atomic E-state index is 12.2. The van der Waals surface area contributed by atoms with Crippen molar-refractivity contribution in [3.8, 4) is 0 Å². The summed E-state index contributed by atoms with van der Waals surface area (Å²) >= 11 is 0. The van der Waals surface area contributed by atoms with Gasteiger partial charge in [-0.3, -0.25) is 9.36 Å². The second-order valence-corrected chi connectivity index (χ2v) is 5.14. The second-order valence-electron chi connectivity index (χ2n) is 5.14. The van der Waals surface area contributed by atoms with Gasteiger partial charge in [-0.05, 0) is 38.0 Å². The van der Waals surface area contributed by atoms with E-state index in [1.165, 1.54) is 4.57 Å². The normalized spacial score (nSPS) is 18.2. The van der Waals surface area contributed by atoms with Crippen molar-refractivity contribution in [1.29, 1.82) is 0 Å². The van der Waals surface area contributed by atoms with Gasteiger partial charge >= 0.3 is 5.76 Å². The summed E-state index contributed by atoms with van der Waals surface area (Å²) in [6.07, 6.45) is 2.14. The zero-order chi connectivity index (χ0) is 14.8. The highest BCUT2D eigenvalue weighted by Gasteiger charge is 2.17. The van der Waals surface area contributed by atoms with Crippen molar-refractivity contribution in [3.63, 3.8) is 0 Å². The zero-order valence-electron chi connectivity index (χ0n) is 11.9. The molecule has 1 aromatic heterocycles. The molecule has 2 aromatic rings. The maximum Gasteiger partial charge on any atom is 0.419 e. The van der Waals surface area contributed by atoms with Gasteiger partial charge in [0.05, 0.1) is 11.6 Å². The third kappa shape index (κ3) is 2.71. The Kier molecular flexibility index (Phi) is 3.79. The molecule has 0 spiro atoms. The first-order chi connectivity index (χ1) is 10.2. The molecule has 1 N–H and O–H groups in total. The first kappa shape index (κ1) is 13.9. The molecule has 1 atom stereocenters. The number of rotatable bonds is 4. The molecule has 1 aliphatic heterocycles. The van der Waals surface area contributed by atoms with E-state index in [0.717, 1.165) is 19.4 Å². The zero-order valence-corrected chi connectivity index (χ0v) is 11.9. The van der Waals surface area contributed by atoms with Crippen LogP contribution in [0.3, 0.4) is 0 Å². The topological polar surface area (TPSA) is 73.5 Å². The molecule has 6 nitrogen and oxygen atoms in total. The lowest BCUT2D eigenvalue weighted by molar-refractivity contribution is 0.0858. The molecular formula is C15H18N2O4. The summed E-state index contributed by atoms with van der Waals surface area (Å²) in [6, 6.07) is 5.01. The van der Waals surface area contributed by atoms with Gasteiger partial charge in [-0.1, -0.05) is 0 Å². The number of hydrogen-bond donors (Lipinski definition) is 1. The number of carbonyl (C=O) groups excluding carboxylic acids is 1. The van der Waals surface area contributed by atoms with Crippen molar-refractivity contribution >= 4 is 17.0 Å². The summed E-state index contributed by atoms with van der Waals surface area (Å²) in [7, 11) is 0. The number of aromatic nitrogens is 1. The van der Waals surface area contributed by atoms with E-state index in [4.69, 9.17) is 9.15 Å². The Morgan fingerprint density at radius 3 is 3.05 bits per heavy atom. The van der Waals surface area contributed by atoms with Crippen molar-refractivity contribution in [1.82, 2.24) is 9.88 Å². The number of aryl methyl sites for hydroxylation is 1. The van der Waals surface area contributed by atoms with Crippen LogP contribution in [0, 0.1) is 0 Å². The Morgan fingerprint density at radius 1 is 1.48 bits per heavy atom. The number of amides is 1. The predicted molar refractivity (Wildman–Crippen MR) is 77.5 cm³/mol. The third-order valence-corrected chi connectivity index (χ3v) is 3.76. The molecule has 1 aromatic carbocycles. The Bertz CT molecular complexity index is 710. The van der Waals surface area contributed by atoms with E-state index in [-0.39, 0.29) is 12.0 Å². The SMILES string of the molecule is CCn1c(=O)oc2ccc(C(=O)NCC3CCCO3)cc21. The van der Waals surface area contributed by atoms with Crippen LogP contribution in [0.5, 0.6) is 0 Å². The molecule has 6 heteroatoms. The number of ether oxygens (including phenoxy) is 1. The van der Waals surface area contributed by atoms with Crippen LogP contribution in [-0.2, 0) is 11.3 Å². The smallest absolute Gasteiger partial charge is 0.408 e. The highest BCUT2D eigenvalue weighted by Crippen LogP contribution is 2.16. The van der Waals surface area contributed by atoms with Crippen molar-refractivity contribution in [2.45, 2.75) is 32.4 Å². The van der Waals surface area contributed by atoms with Gasteiger partial charge < -0.3 is 14.5 Å². The van der Waals surface area contributed by atoms with Crippen LogP contribution >= 0.6 is 0 Å². The monoisotopic (exact) mass is 290 g/mol. The van der Waals surface area contributed by atoms with Crippen LogP contribution in [0.15, 0.2) is 27.4 Å². The molecule has 0 saturated carbocycles. The molecule has 1 fully saturated rings. The maximum absolute atomic E-state index is 12.2. The number of oxazole rings is 1. The number of hydrogen-bond acceptors (Lipinski definition) is 4. The fourth-order valence-corrected chi connectivity index (χ4v) is 2.62. The second kappa shape index (κ2) is 5.73. The minimum absolute atomic E-state index is 0.112. The minimum atomic E-state index is -0.399. The molecule has 1 aliphatic rings. The van der Waals surface area contributed by atoms with E-state index in [1.54, 1.807) is 18.2 Å². The van der Waals surface area contributed by atoms with Crippen LogP contribution in [0.25, 0.3) is 11.1 Å². The van der Waals surface area contributed by atoms with Gasteiger partial charge in [0.2, 0.25) is 0 Å². The van der Waals surface area contributed by atoms with Gasteiger partial charge in [-0.25, -0.2) is 4.79 Å². The van der Waals surface area contributed by atoms with E-state index in [0.29, 0.717) is 29.8 Å². The van der Waals surface area contributed by atoms with Crippen molar-refractivity contribution < 1.29 is 13.9 Å². The summed E-state index contributed by atoms with van der Waals surface area (Å²) in [6.45, 7) is 3.65. The minimum Gasteiger partial charge on any atom is -0.408 e. The lowest BCUT2D eigenvalue weighted by Crippen LogP contribution is -2.31. The largest absolute Gasteiger partial charge is 0.419 e. The fourth-order valence-electron chi connectivity index (χ4n) is 2.62. The van der Waals surface area contributed by atoms with Gasteiger partial charge in [0, 0.05) is 25.3 Å². The highest BCUT2D eigenvalue weighted by atomic mass is 16.5. The van der Waals surface area contributed by atoms with E-state index in [1.807, 2.05) is 6.92 Å². The van der Waals surface area contributed by atoms with Crippen LogP contribution in [-0.4, -0.2) is 29.7 Å². The van der Waals surface area contributed by atoms with Crippen LogP contribution < -0.4 is 11.1 Å². The van der Waals surface area contributed by atoms with E-state index in [9.17, 15) is 9.59 Å². The average Bonchev–Trinajstić information content (AvgIpc) is 3.10. The molecule has 21 heavy (non-hydrogen) atoms. The predicted octanol–water partition coefficient (Wildman–Crippen LogP) is 1.52. The molecule has 1 saturated heterocycles. The number of fused-ring (bicyclic) bond motifs is 1. The van der Waals surface area contributed by atoms with E-state index < -0.39 is 5.76 Å². The molecule has 1 unspecified atom stereocenters. The Hall–Kier alpha value is -2.08. The number of benzene rings is 1. The first-order valence-corrected chi connectivity index (χ1v) is 7.22. The molecule has 0 radical (unpaired) electrons. The molecule has 112 valence electrons. The summed E-state index contributed by atoms with van der Waals surface area (Å²) in [5.41, 5.74) is 1.66. The number of carbonyl (C=O) groups is 1. The average molecular weight is 290 g/mol. The van der Waals surface area contributed by atoms with Crippen LogP contribution in [0.1, 0.15) is 30.1 Å². The van der Waals surface area contributed by atoms with Gasteiger partial charge in [0.1, 0.15) is 0 Å². The quantitative estimate of drug-likeness (QED) is 0.926. The Balaban J connectivity index is 1.79. The summed E-state index contributed by atoms with van der Waals surface area (Å²) in [5.74, 6) is -0.562. The fraction of sp³-hybridized carbons (Fsp3) is 0.467. The van der Waals surface area contributed by atoms with E-state index >= 15 is 0 Å². The van der Waals surface area contributed by atoms with Gasteiger partial charge in [-0.15, -0.1) is 0 Å². The molecule has 1 amide bonds. The summed E-state index contributed by atoms with van der Waals surface area (Å²) in [4.78, 5) is 23.8. The van der Waals surface area contributed by atoms with Gasteiger partial charge in [-0.2, -0.15) is 0 Å². The Morgan fingerprint density at radius 2 is 2.33 bits per heavy atom. The van der Waals surface area contributed by atoms with Gasteiger partial charge in [0.15, 0.2) is 5.58 Å². The third-order valence-electron chi connectivity index (χ3n) is 3.76. The molecule has 0 aliphatic carbocycles. The van der Waals surface area contributed by atoms with Crippen molar-refractivity contribution in [2.24, 2.45) is 0 Å². The van der Waals surface area contributed by atoms with Gasteiger partial charge in [0.25, 0.3) is 5.91 Å². The van der Waals surface area contributed by atoms with Crippen LogP contribution in [0.4, 0.5) is 0 Å². The lowest BCUT2D eigenvalue weighted by Gasteiger charge is -2.10. The summed E-state index contributed by atoms with van der Waals surface area (Å²) in [5, 5.41) is 2.87. The highest BCUT2D eigenvalue weighted by molar-refractivity contribution is 5.97. The molecule has 3 rings (SSSR count). The van der Waals surface area contributed by atoms with E-state index in [2.05, 4.69) is 5.32 Å². The van der Waals surface area contributed by atoms with Crippen LogP contribution in [0.2, 0.25) is 0 Å². The number of nitrogens with zero attached hydrogens (tertiary/aromatic N) is 1. The molecular weight excluding hydrogens is 272 g/mol. The molecule has 0 bridgehead atoms. The Labute approximate surface area is 121 Å². The molecule has 2 heterocycles. The number of nitrogens with one attached hydrogen (secondary N) is 1.